The molecule has 0 bridgehead atoms. The van der Waals surface area contributed by atoms with Crippen LogP contribution in [0.5, 0.6) is 5.75 Å². The van der Waals surface area contributed by atoms with Gasteiger partial charge in [-0.2, -0.15) is 0 Å². The Morgan fingerprint density at radius 3 is 2.68 bits per heavy atom. The molecule has 0 aromatic heterocycles. The zero-order valence-electron chi connectivity index (χ0n) is 13.7. The molecule has 3 aromatic carbocycles. The number of benzene rings is 3. The Morgan fingerprint density at radius 1 is 1.04 bits per heavy atom. The molecule has 0 spiro atoms. The highest BCUT2D eigenvalue weighted by Crippen LogP contribution is 2.24. The van der Waals surface area contributed by atoms with E-state index in [-0.39, 0.29) is 12.4 Å². The molecular weight excluding hydrogens is 337 g/mol. The van der Waals surface area contributed by atoms with Crippen molar-refractivity contribution < 1.29 is 9.13 Å². The smallest absolute Gasteiger partial charge is 0.128 e. The molecule has 0 fully saturated rings. The Morgan fingerprint density at radius 2 is 1.88 bits per heavy atom. The van der Waals surface area contributed by atoms with Crippen LogP contribution in [0.25, 0.3) is 0 Å². The minimum atomic E-state index is -0.279. The topological polar surface area (TPSA) is 21.6 Å². The molecule has 0 heterocycles. The summed E-state index contributed by atoms with van der Waals surface area (Å²) in [6.07, 6.45) is 1.73. The van der Waals surface area contributed by atoms with Gasteiger partial charge in [0.15, 0.2) is 0 Å². The van der Waals surface area contributed by atoms with E-state index in [0.29, 0.717) is 10.8 Å². The molecular formula is C21H17ClFNO. The van der Waals surface area contributed by atoms with Crippen LogP contribution in [0.2, 0.25) is 5.02 Å². The van der Waals surface area contributed by atoms with Gasteiger partial charge in [0, 0.05) is 16.8 Å². The first kappa shape index (κ1) is 17.2. The first-order chi connectivity index (χ1) is 12.1. The minimum Gasteiger partial charge on any atom is -0.488 e. The first-order valence-corrected chi connectivity index (χ1v) is 8.26. The molecule has 0 aliphatic rings. The van der Waals surface area contributed by atoms with E-state index >= 15 is 0 Å². The summed E-state index contributed by atoms with van der Waals surface area (Å²) < 4.78 is 19.1. The van der Waals surface area contributed by atoms with Crippen molar-refractivity contribution in [2.75, 3.05) is 0 Å². The van der Waals surface area contributed by atoms with Crippen molar-refractivity contribution in [1.29, 1.82) is 0 Å². The van der Waals surface area contributed by atoms with E-state index in [0.717, 1.165) is 22.4 Å². The fourth-order valence-electron chi connectivity index (χ4n) is 2.39. The number of aliphatic imine (C=N–C) groups is 1. The molecule has 0 radical (unpaired) electrons. The maximum absolute atomic E-state index is 13.3. The van der Waals surface area contributed by atoms with Gasteiger partial charge in [0.05, 0.1) is 5.69 Å². The predicted molar refractivity (Wildman–Crippen MR) is 101 cm³/mol. The van der Waals surface area contributed by atoms with Gasteiger partial charge >= 0.3 is 0 Å². The van der Waals surface area contributed by atoms with E-state index < -0.39 is 0 Å². The van der Waals surface area contributed by atoms with Crippen LogP contribution in [0.15, 0.2) is 71.7 Å². The number of halogens is 2. The number of para-hydroxylation sites is 1. The van der Waals surface area contributed by atoms with Crippen LogP contribution in [0.3, 0.4) is 0 Å². The summed E-state index contributed by atoms with van der Waals surface area (Å²) in [4.78, 5) is 4.52. The van der Waals surface area contributed by atoms with Gasteiger partial charge in [-0.1, -0.05) is 41.9 Å². The second-order valence-corrected chi connectivity index (χ2v) is 6.08. The molecule has 126 valence electrons. The predicted octanol–water partition coefficient (Wildman–Crippen LogP) is 6.12. The van der Waals surface area contributed by atoms with Gasteiger partial charge in [-0.15, -0.1) is 0 Å². The Kier molecular flexibility index (Phi) is 5.46. The van der Waals surface area contributed by atoms with Crippen molar-refractivity contribution in [1.82, 2.24) is 0 Å². The largest absolute Gasteiger partial charge is 0.488 e. The third kappa shape index (κ3) is 4.68. The van der Waals surface area contributed by atoms with Crippen LogP contribution in [-0.4, -0.2) is 6.21 Å². The van der Waals surface area contributed by atoms with E-state index in [9.17, 15) is 4.39 Å². The monoisotopic (exact) mass is 353 g/mol. The van der Waals surface area contributed by atoms with Crippen molar-refractivity contribution in [3.05, 3.63) is 94.3 Å². The van der Waals surface area contributed by atoms with Crippen molar-refractivity contribution in [3.8, 4) is 5.75 Å². The highest BCUT2D eigenvalue weighted by atomic mass is 35.5. The first-order valence-electron chi connectivity index (χ1n) is 7.88. The zero-order valence-corrected chi connectivity index (χ0v) is 14.5. The third-order valence-electron chi connectivity index (χ3n) is 3.71. The molecule has 0 saturated heterocycles. The van der Waals surface area contributed by atoms with E-state index in [1.807, 2.05) is 37.3 Å². The van der Waals surface area contributed by atoms with Crippen LogP contribution in [0.4, 0.5) is 10.1 Å². The average molecular weight is 354 g/mol. The van der Waals surface area contributed by atoms with Gasteiger partial charge in [0.25, 0.3) is 0 Å². The molecule has 0 aliphatic heterocycles. The lowest BCUT2D eigenvalue weighted by molar-refractivity contribution is 0.305. The number of nitrogens with zero attached hydrogens (tertiary/aromatic N) is 1. The Bertz CT molecular complexity index is 908. The number of hydrogen-bond donors (Lipinski definition) is 0. The van der Waals surface area contributed by atoms with E-state index in [1.54, 1.807) is 30.5 Å². The maximum atomic E-state index is 13.3. The fourth-order valence-corrected chi connectivity index (χ4v) is 2.57. The molecule has 2 nitrogen and oxygen atoms in total. The van der Waals surface area contributed by atoms with Gasteiger partial charge in [-0.25, -0.2) is 4.39 Å². The fraction of sp³-hybridized carbons (Fsp3) is 0.0952. The quantitative estimate of drug-likeness (QED) is 0.506. The molecule has 0 N–H and O–H groups in total. The third-order valence-corrected chi connectivity index (χ3v) is 3.95. The average Bonchev–Trinajstić information content (AvgIpc) is 2.60. The second kappa shape index (κ2) is 7.95. The number of aryl methyl sites for hydroxylation is 1. The van der Waals surface area contributed by atoms with E-state index in [1.165, 1.54) is 12.1 Å². The van der Waals surface area contributed by atoms with Crippen LogP contribution < -0.4 is 4.74 Å². The normalized spacial score (nSPS) is 11.0. The SMILES string of the molecule is Cc1ccccc1N=Cc1cc(Cl)ccc1OCc1cccc(F)c1. The summed E-state index contributed by atoms with van der Waals surface area (Å²) in [6, 6.07) is 19.6. The molecule has 3 aromatic rings. The van der Waals surface area contributed by atoms with Crippen molar-refractivity contribution in [2.24, 2.45) is 4.99 Å². The van der Waals surface area contributed by atoms with Crippen LogP contribution >= 0.6 is 11.6 Å². The Balaban J connectivity index is 1.82. The van der Waals surface area contributed by atoms with Gasteiger partial charge in [0.1, 0.15) is 18.2 Å². The number of ether oxygens (including phenoxy) is 1. The Labute approximate surface area is 151 Å². The molecule has 0 unspecified atom stereocenters. The molecule has 0 saturated carbocycles. The Hall–Kier alpha value is -2.65. The van der Waals surface area contributed by atoms with Gasteiger partial charge < -0.3 is 4.74 Å². The highest BCUT2D eigenvalue weighted by Gasteiger charge is 2.05. The van der Waals surface area contributed by atoms with Crippen molar-refractivity contribution >= 4 is 23.5 Å². The lowest BCUT2D eigenvalue weighted by Gasteiger charge is -2.10. The molecule has 0 aliphatic carbocycles. The van der Waals surface area contributed by atoms with Crippen LogP contribution in [-0.2, 0) is 6.61 Å². The summed E-state index contributed by atoms with van der Waals surface area (Å²) in [7, 11) is 0. The zero-order chi connectivity index (χ0) is 17.6. The number of hydrogen-bond acceptors (Lipinski definition) is 2. The van der Waals surface area contributed by atoms with Gasteiger partial charge in [0.2, 0.25) is 0 Å². The maximum Gasteiger partial charge on any atom is 0.128 e. The lowest BCUT2D eigenvalue weighted by Crippen LogP contribution is -1.99. The summed E-state index contributed by atoms with van der Waals surface area (Å²) in [5, 5.41) is 0.601. The van der Waals surface area contributed by atoms with E-state index in [4.69, 9.17) is 16.3 Å². The summed E-state index contributed by atoms with van der Waals surface area (Å²) in [6.45, 7) is 2.27. The van der Waals surface area contributed by atoms with Gasteiger partial charge in [-0.05, 0) is 54.4 Å². The second-order valence-electron chi connectivity index (χ2n) is 5.65. The van der Waals surface area contributed by atoms with Gasteiger partial charge in [-0.3, -0.25) is 4.99 Å². The lowest BCUT2D eigenvalue weighted by atomic mass is 10.2. The molecule has 4 heteroatoms. The summed E-state index contributed by atoms with van der Waals surface area (Å²) in [5.74, 6) is 0.365. The van der Waals surface area contributed by atoms with Crippen molar-refractivity contribution in [3.63, 3.8) is 0 Å². The van der Waals surface area contributed by atoms with Crippen LogP contribution in [0, 0.1) is 12.7 Å². The molecule has 25 heavy (non-hydrogen) atoms. The van der Waals surface area contributed by atoms with E-state index in [2.05, 4.69) is 4.99 Å². The minimum absolute atomic E-state index is 0.268. The number of rotatable bonds is 5. The molecule has 3 rings (SSSR count). The highest BCUT2D eigenvalue weighted by molar-refractivity contribution is 6.30. The summed E-state index contributed by atoms with van der Waals surface area (Å²) in [5.41, 5.74) is 3.51. The van der Waals surface area contributed by atoms with Crippen LogP contribution in [0.1, 0.15) is 16.7 Å². The molecule has 0 atom stereocenters. The molecule has 0 amide bonds. The summed E-state index contributed by atoms with van der Waals surface area (Å²) >= 11 is 6.10. The standard InChI is InChI=1S/C21H17ClFNO/c1-15-5-2-3-8-20(15)24-13-17-12-18(22)9-10-21(17)25-14-16-6-4-7-19(23)11-16/h2-13H,14H2,1H3. The van der Waals surface area contributed by atoms with Crippen molar-refractivity contribution in [2.45, 2.75) is 13.5 Å².